The molecule has 0 atom stereocenters. The Labute approximate surface area is 197 Å². The van der Waals surface area contributed by atoms with E-state index in [0.29, 0.717) is 28.6 Å². The van der Waals surface area contributed by atoms with Gasteiger partial charge in [-0.2, -0.15) is 31.3 Å². The fourth-order valence-electron chi connectivity index (χ4n) is 3.27. The SMILES string of the molecule is Cc1c(-c2cc(C(F)(F)F)cc(C(F)(F)F)c2)ccc2nc(N=CN(C)C)nc(N=CN(C)C)c12. The molecule has 0 aliphatic rings. The highest BCUT2D eigenvalue weighted by Crippen LogP contribution is 2.41. The van der Waals surface area contributed by atoms with Gasteiger partial charge < -0.3 is 9.80 Å². The van der Waals surface area contributed by atoms with E-state index in [0.717, 1.165) is 0 Å². The van der Waals surface area contributed by atoms with E-state index < -0.39 is 23.5 Å². The lowest BCUT2D eigenvalue weighted by molar-refractivity contribution is -0.143. The van der Waals surface area contributed by atoms with Crippen molar-refractivity contribution in [2.45, 2.75) is 19.3 Å². The second-order valence-corrected chi connectivity index (χ2v) is 8.19. The molecule has 0 bridgehead atoms. The third kappa shape index (κ3) is 6.06. The van der Waals surface area contributed by atoms with Crippen molar-refractivity contribution in [1.82, 2.24) is 19.8 Å². The number of hydrogen-bond acceptors (Lipinski definition) is 4. The van der Waals surface area contributed by atoms with Gasteiger partial charge in [-0.3, -0.25) is 0 Å². The van der Waals surface area contributed by atoms with E-state index in [1.165, 1.54) is 24.8 Å². The summed E-state index contributed by atoms with van der Waals surface area (Å²) in [5, 5.41) is 0.385. The summed E-state index contributed by atoms with van der Waals surface area (Å²) in [7, 11) is 6.99. The maximum Gasteiger partial charge on any atom is 0.416 e. The minimum absolute atomic E-state index is 0.0997. The average Bonchev–Trinajstić information content (AvgIpc) is 2.74. The molecule has 12 heteroatoms. The summed E-state index contributed by atoms with van der Waals surface area (Å²) in [6, 6.07) is 4.42. The van der Waals surface area contributed by atoms with Crippen LogP contribution in [0.3, 0.4) is 0 Å². The van der Waals surface area contributed by atoms with Crippen LogP contribution in [0, 0.1) is 6.92 Å². The Balaban J connectivity index is 2.31. The maximum absolute atomic E-state index is 13.4. The molecular formula is C23H22F6N6. The quantitative estimate of drug-likeness (QED) is 0.244. The fourth-order valence-corrected chi connectivity index (χ4v) is 3.27. The normalized spacial score (nSPS) is 12.8. The van der Waals surface area contributed by atoms with Crippen molar-refractivity contribution < 1.29 is 26.3 Å². The molecule has 186 valence electrons. The van der Waals surface area contributed by atoms with E-state index >= 15 is 0 Å². The lowest BCUT2D eigenvalue weighted by Gasteiger charge is -2.16. The fraction of sp³-hybridized carbons (Fsp3) is 0.304. The molecule has 0 saturated carbocycles. The van der Waals surface area contributed by atoms with E-state index in [4.69, 9.17) is 0 Å². The van der Waals surface area contributed by atoms with Crippen LogP contribution in [0.5, 0.6) is 0 Å². The predicted molar refractivity (Wildman–Crippen MR) is 123 cm³/mol. The molecule has 0 radical (unpaired) electrons. The van der Waals surface area contributed by atoms with Gasteiger partial charge in [-0.05, 0) is 47.9 Å². The summed E-state index contributed by atoms with van der Waals surface area (Å²) in [6.07, 6.45) is -6.95. The molecule has 2 aromatic carbocycles. The third-order valence-electron chi connectivity index (χ3n) is 4.81. The Bertz CT molecular complexity index is 1260. The second-order valence-electron chi connectivity index (χ2n) is 8.19. The van der Waals surface area contributed by atoms with Crippen LogP contribution in [0.15, 0.2) is 40.3 Å². The number of nitrogens with zero attached hydrogens (tertiary/aromatic N) is 6. The Morgan fingerprint density at radius 3 is 1.83 bits per heavy atom. The Hall–Kier alpha value is -3.70. The van der Waals surface area contributed by atoms with Crippen LogP contribution in [0.1, 0.15) is 16.7 Å². The Kier molecular flexibility index (Phi) is 7.04. The molecule has 0 N–H and O–H groups in total. The monoisotopic (exact) mass is 496 g/mol. The van der Waals surface area contributed by atoms with Crippen LogP contribution in [-0.4, -0.2) is 60.6 Å². The van der Waals surface area contributed by atoms with Crippen molar-refractivity contribution in [1.29, 1.82) is 0 Å². The lowest BCUT2D eigenvalue weighted by Crippen LogP contribution is -2.11. The molecule has 1 aromatic heterocycles. The van der Waals surface area contributed by atoms with Gasteiger partial charge in [0.25, 0.3) is 5.95 Å². The number of benzene rings is 2. The number of halogens is 6. The zero-order chi connectivity index (χ0) is 26.1. The van der Waals surface area contributed by atoms with Gasteiger partial charge in [-0.1, -0.05) is 6.07 Å². The number of rotatable bonds is 5. The van der Waals surface area contributed by atoms with Crippen LogP contribution < -0.4 is 0 Å². The van der Waals surface area contributed by atoms with Crippen molar-refractivity contribution in [3.05, 3.63) is 47.0 Å². The molecule has 0 unspecified atom stereocenters. The predicted octanol–water partition coefficient (Wildman–Crippen LogP) is 6.09. The largest absolute Gasteiger partial charge is 0.416 e. The first-order valence-electron chi connectivity index (χ1n) is 10.2. The third-order valence-corrected chi connectivity index (χ3v) is 4.81. The van der Waals surface area contributed by atoms with E-state index in [2.05, 4.69) is 20.0 Å². The molecule has 0 saturated heterocycles. The Morgan fingerprint density at radius 1 is 0.771 bits per heavy atom. The first-order valence-corrected chi connectivity index (χ1v) is 10.2. The maximum atomic E-state index is 13.4. The molecule has 0 aliphatic heterocycles. The van der Waals surface area contributed by atoms with Gasteiger partial charge in [0.2, 0.25) is 0 Å². The zero-order valence-corrected chi connectivity index (χ0v) is 19.5. The molecule has 3 aromatic rings. The molecule has 0 aliphatic carbocycles. The number of hydrogen-bond donors (Lipinski definition) is 0. The topological polar surface area (TPSA) is 57.0 Å². The lowest BCUT2D eigenvalue weighted by atomic mass is 9.94. The summed E-state index contributed by atoms with van der Waals surface area (Å²) >= 11 is 0. The minimum Gasteiger partial charge on any atom is -0.369 e. The van der Waals surface area contributed by atoms with Gasteiger partial charge in [0.1, 0.15) is 0 Å². The zero-order valence-electron chi connectivity index (χ0n) is 19.5. The smallest absolute Gasteiger partial charge is 0.369 e. The van der Waals surface area contributed by atoms with Crippen molar-refractivity contribution >= 4 is 35.3 Å². The summed E-state index contributed by atoms with van der Waals surface area (Å²) in [5.74, 6) is 0.277. The van der Waals surface area contributed by atoms with Gasteiger partial charge in [0, 0.05) is 33.6 Å². The standard InChI is InChI=1S/C23H22F6N6/c1-13-17(14-8-15(22(24,25)26)10-16(9-14)23(27,28)29)6-7-18-19(13)20(30-11-34(2)3)33-21(32-18)31-12-35(4)5/h6-12H,1-5H3. The van der Waals surface area contributed by atoms with E-state index in [1.807, 2.05) is 0 Å². The van der Waals surface area contributed by atoms with E-state index in [1.54, 1.807) is 44.9 Å². The first kappa shape index (κ1) is 25.9. The Morgan fingerprint density at radius 2 is 1.31 bits per heavy atom. The summed E-state index contributed by atoms with van der Waals surface area (Å²) < 4.78 is 80.3. The highest BCUT2D eigenvalue weighted by atomic mass is 19.4. The van der Waals surface area contributed by atoms with Crippen LogP contribution in [-0.2, 0) is 12.4 Å². The first-order chi connectivity index (χ1) is 16.2. The highest BCUT2D eigenvalue weighted by molar-refractivity contribution is 5.97. The summed E-state index contributed by atoms with van der Waals surface area (Å²) in [6.45, 7) is 1.58. The van der Waals surface area contributed by atoms with E-state index in [-0.39, 0.29) is 29.0 Å². The highest BCUT2D eigenvalue weighted by Gasteiger charge is 2.37. The van der Waals surface area contributed by atoms with Gasteiger partial charge in [-0.25, -0.2) is 15.0 Å². The number of fused-ring (bicyclic) bond motifs is 1. The summed E-state index contributed by atoms with van der Waals surface area (Å²) in [5.41, 5.74) is -2.08. The van der Waals surface area contributed by atoms with Crippen LogP contribution in [0.2, 0.25) is 0 Å². The molecule has 0 spiro atoms. The molecular weight excluding hydrogens is 474 g/mol. The molecule has 0 fully saturated rings. The number of aromatic nitrogens is 2. The molecule has 6 nitrogen and oxygen atoms in total. The van der Waals surface area contributed by atoms with Crippen LogP contribution >= 0.6 is 0 Å². The van der Waals surface area contributed by atoms with Gasteiger partial charge in [-0.15, -0.1) is 0 Å². The second kappa shape index (κ2) is 9.51. The van der Waals surface area contributed by atoms with Crippen LogP contribution in [0.25, 0.3) is 22.0 Å². The van der Waals surface area contributed by atoms with Crippen molar-refractivity contribution in [2.24, 2.45) is 9.98 Å². The molecule has 0 amide bonds. The summed E-state index contributed by atoms with van der Waals surface area (Å²) in [4.78, 5) is 20.5. The number of aryl methyl sites for hydroxylation is 1. The van der Waals surface area contributed by atoms with Gasteiger partial charge in [0.15, 0.2) is 5.82 Å². The van der Waals surface area contributed by atoms with Crippen molar-refractivity contribution in [3.8, 4) is 11.1 Å². The van der Waals surface area contributed by atoms with Crippen LogP contribution in [0.4, 0.5) is 38.1 Å². The number of alkyl halides is 6. The minimum atomic E-state index is -4.95. The molecule has 3 rings (SSSR count). The molecule has 1 heterocycles. The average molecular weight is 496 g/mol. The number of aliphatic imine (C=N–C) groups is 2. The van der Waals surface area contributed by atoms with Crippen molar-refractivity contribution in [2.75, 3.05) is 28.2 Å². The van der Waals surface area contributed by atoms with Gasteiger partial charge in [0.05, 0.1) is 29.3 Å². The van der Waals surface area contributed by atoms with Gasteiger partial charge >= 0.3 is 12.4 Å². The molecule has 35 heavy (non-hydrogen) atoms. The van der Waals surface area contributed by atoms with Crippen molar-refractivity contribution in [3.63, 3.8) is 0 Å². The van der Waals surface area contributed by atoms with E-state index in [9.17, 15) is 26.3 Å².